The standard InChI is InChI=1S/C9H16O/c1-4-5-6-7-9(2,3)8-10/h4-6,10H,1,7-8H2,2-3H3/b6-5+. The molecule has 0 aliphatic heterocycles. The Balaban J connectivity index is 3.66. The molecule has 0 aromatic carbocycles. The summed E-state index contributed by atoms with van der Waals surface area (Å²) in [5.74, 6) is 0. The van der Waals surface area contributed by atoms with Crippen molar-refractivity contribution in [3.8, 4) is 0 Å². The molecule has 0 saturated carbocycles. The summed E-state index contributed by atoms with van der Waals surface area (Å²) in [6.07, 6.45) is 6.56. The Bertz CT molecular complexity index is 123. The summed E-state index contributed by atoms with van der Waals surface area (Å²) in [6, 6.07) is 0. The molecule has 0 heterocycles. The van der Waals surface area contributed by atoms with E-state index in [1.165, 1.54) is 0 Å². The Morgan fingerprint density at radius 3 is 2.50 bits per heavy atom. The number of hydrogen-bond donors (Lipinski definition) is 1. The smallest absolute Gasteiger partial charge is 0.0485 e. The molecule has 0 atom stereocenters. The second kappa shape index (κ2) is 4.29. The van der Waals surface area contributed by atoms with Gasteiger partial charge in [-0.2, -0.15) is 0 Å². The molecule has 0 radical (unpaired) electrons. The molecule has 0 unspecified atom stereocenters. The summed E-state index contributed by atoms with van der Waals surface area (Å²) in [4.78, 5) is 0. The fourth-order valence-electron chi connectivity index (χ4n) is 0.548. The Labute approximate surface area is 63.1 Å². The molecule has 0 saturated heterocycles. The van der Waals surface area contributed by atoms with Crippen LogP contribution in [0.15, 0.2) is 24.8 Å². The van der Waals surface area contributed by atoms with Crippen molar-refractivity contribution in [2.24, 2.45) is 5.41 Å². The number of hydrogen-bond acceptors (Lipinski definition) is 1. The molecule has 0 aliphatic carbocycles. The van der Waals surface area contributed by atoms with Gasteiger partial charge in [-0.05, 0) is 11.8 Å². The SMILES string of the molecule is C=C/C=C/CC(C)(C)CO. The van der Waals surface area contributed by atoms with E-state index in [0.29, 0.717) is 0 Å². The summed E-state index contributed by atoms with van der Waals surface area (Å²) in [5, 5.41) is 8.83. The predicted molar refractivity (Wildman–Crippen MR) is 44.8 cm³/mol. The van der Waals surface area contributed by atoms with Crippen molar-refractivity contribution < 1.29 is 5.11 Å². The van der Waals surface area contributed by atoms with Crippen LogP contribution in [0, 0.1) is 5.41 Å². The molecule has 58 valence electrons. The first-order valence-corrected chi connectivity index (χ1v) is 3.51. The van der Waals surface area contributed by atoms with Gasteiger partial charge in [0.25, 0.3) is 0 Å². The fourth-order valence-corrected chi connectivity index (χ4v) is 0.548. The highest BCUT2D eigenvalue weighted by molar-refractivity contribution is 4.98. The molecular formula is C9H16O. The van der Waals surface area contributed by atoms with Crippen molar-refractivity contribution >= 4 is 0 Å². The van der Waals surface area contributed by atoms with Crippen molar-refractivity contribution in [3.63, 3.8) is 0 Å². The number of aliphatic hydroxyl groups excluding tert-OH is 1. The van der Waals surface area contributed by atoms with Crippen molar-refractivity contribution in [2.45, 2.75) is 20.3 Å². The minimum atomic E-state index is 0.0134. The lowest BCUT2D eigenvalue weighted by molar-refractivity contribution is 0.162. The Hall–Kier alpha value is -0.560. The minimum Gasteiger partial charge on any atom is -0.396 e. The summed E-state index contributed by atoms with van der Waals surface area (Å²) < 4.78 is 0. The van der Waals surface area contributed by atoms with Gasteiger partial charge in [0.2, 0.25) is 0 Å². The zero-order chi connectivity index (χ0) is 8.04. The normalized spacial score (nSPS) is 12.3. The Morgan fingerprint density at radius 2 is 2.10 bits per heavy atom. The first-order chi connectivity index (χ1) is 4.62. The third-order valence-corrected chi connectivity index (χ3v) is 1.37. The quantitative estimate of drug-likeness (QED) is 0.593. The zero-order valence-corrected chi connectivity index (χ0v) is 6.80. The van der Waals surface area contributed by atoms with Gasteiger partial charge in [-0.15, -0.1) is 0 Å². The maximum absolute atomic E-state index is 8.83. The molecule has 0 aromatic rings. The van der Waals surface area contributed by atoms with E-state index in [2.05, 4.69) is 6.58 Å². The first-order valence-electron chi connectivity index (χ1n) is 3.51. The van der Waals surface area contributed by atoms with E-state index in [0.717, 1.165) is 6.42 Å². The maximum atomic E-state index is 8.83. The van der Waals surface area contributed by atoms with Gasteiger partial charge >= 0.3 is 0 Å². The van der Waals surface area contributed by atoms with Crippen LogP contribution < -0.4 is 0 Å². The van der Waals surface area contributed by atoms with Crippen molar-refractivity contribution in [3.05, 3.63) is 24.8 Å². The average molecular weight is 140 g/mol. The van der Waals surface area contributed by atoms with Gasteiger partial charge in [0.05, 0.1) is 0 Å². The molecule has 1 N–H and O–H groups in total. The highest BCUT2D eigenvalue weighted by Crippen LogP contribution is 2.18. The van der Waals surface area contributed by atoms with Crippen LogP contribution in [-0.4, -0.2) is 11.7 Å². The predicted octanol–water partition coefficient (Wildman–Crippen LogP) is 2.14. The van der Waals surface area contributed by atoms with E-state index in [1.807, 2.05) is 26.0 Å². The second-order valence-corrected chi connectivity index (χ2v) is 3.19. The molecule has 1 heteroatoms. The van der Waals surface area contributed by atoms with E-state index in [9.17, 15) is 0 Å². The summed E-state index contributed by atoms with van der Waals surface area (Å²) in [7, 11) is 0. The third-order valence-electron chi connectivity index (χ3n) is 1.37. The number of rotatable bonds is 4. The van der Waals surface area contributed by atoms with Crippen LogP contribution in [0.1, 0.15) is 20.3 Å². The van der Waals surface area contributed by atoms with Crippen LogP contribution in [0.25, 0.3) is 0 Å². The molecule has 0 aliphatic rings. The Kier molecular flexibility index (Phi) is 4.05. The van der Waals surface area contributed by atoms with Gasteiger partial charge in [-0.1, -0.05) is 38.7 Å². The molecule has 10 heavy (non-hydrogen) atoms. The van der Waals surface area contributed by atoms with E-state index in [-0.39, 0.29) is 12.0 Å². The Morgan fingerprint density at radius 1 is 1.50 bits per heavy atom. The molecule has 1 nitrogen and oxygen atoms in total. The summed E-state index contributed by atoms with van der Waals surface area (Å²) >= 11 is 0. The molecule has 0 bridgehead atoms. The van der Waals surface area contributed by atoms with Crippen LogP contribution >= 0.6 is 0 Å². The lowest BCUT2D eigenvalue weighted by Crippen LogP contribution is -2.14. The second-order valence-electron chi connectivity index (χ2n) is 3.19. The van der Waals surface area contributed by atoms with Crippen LogP contribution in [0.2, 0.25) is 0 Å². The highest BCUT2D eigenvalue weighted by Gasteiger charge is 2.12. The van der Waals surface area contributed by atoms with Crippen LogP contribution in [0.3, 0.4) is 0 Å². The summed E-state index contributed by atoms with van der Waals surface area (Å²) in [6.45, 7) is 7.84. The highest BCUT2D eigenvalue weighted by atomic mass is 16.3. The lowest BCUT2D eigenvalue weighted by Gasteiger charge is -2.18. The average Bonchev–Trinajstić information content (AvgIpc) is 1.89. The lowest BCUT2D eigenvalue weighted by atomic mass is 9.90. The van der Waals surface area contributed by atoms with Gasteiger partial charge in [-0.3, -0.25) is 0 Å². The van der Waals surface area contributed by atoms with Gasteiger partial charge in [0, 0.05) is 6.61 Å². The molecular weight excluding hydrogens is 124 g/mol. The van der Waals surface area contributed by atoms with Crippen molar-refractivity contribution in [1.29, 1.82) is 0 Å². The zero-order valence-electron chi connectivity index (χ0n) is 6.80. The van der Waals surface area contributed by atoms with Gasteiger partial charge in [0.15, 0.2) is 0 Å². The number of aliphatic hydroxyl groups is 1. The van der Waals surface area contributed by atoms with Crippen LogP contribution in [0.5, 0.6) is 0 Å². The molecule has 0 spiro atoms. The van der Waals surface area contributed by atoms with Gasteiger partial charge in [-0.25, -0.2) is 0 Å². The minimum absolute atomic E-state index is 0.0134. The van der Waals surface area contributed by atoms with E-state index < -0.39 is 0 Å². The van der Waals surface area contributed by atoms with E-state index >= 15 is 0 Å². The molecule has 0 rings (SSSR count). The van der Waals surface area contributed by atoms with E-state index in [1.54, 1.807) is 6.08 Å². The maximum Gasteiger partial charge on any atom is 0.0485 e. The molecule has 0 amide bonds. The number of allylic oxidation sites excluding steroid dienone is 3. The van der Waals surface area contributed by atoms with Crippen molar-refractivity contribution in [1.82, 2.24) is 0 Å². The van der Waals surface area contributed by atoms with Crippen LogP contribution in [0.4, 0.5) is 0 Å². The fraction of sp³-hybridized carbons (Fsp3) is 0.556. The first kappa shape index (κ1) is 9.44. The van der Waals surface area contributed by atoms with Crippen molar-refractivity contribution in [2.75, 3.05) is 6.61 Å². The largest absolute Gasteiger partial charge is 0.396 e. The van der Waals surface area contributed by atoms with Gasteiger partial charge in [0.1, 0.15) is 0 Å². The monoisotopic (exact) mass is 140 g/mol. The van der Waals surface area contributed by atoms with E-state index in [4.69, 9.17) is 5.11 Å². The summed E-state index contributed by atoms with van der Waals surface area (Å²) in [5.41, 5.74) is 0.0134. The third kappa shape index (κ3) is 4.33. The topological polar surface area (TPSA) is 20.2 Å². The van der Waals surface area contributed by atoms with Gasteiger partial charge < -0.3 is 5.11 Å². The molecule has 0 fully saturated rings. The van der Waals surface area contributed by atoms with Crippen LogP contribution in [-0.2, 0) is 0 Å². The molecule has 0 aromatic heterocycles.